The van der Waals surface area contributed by atoms with Gasteiger partial charge in [-0.25, -0.2) is 0 Å². The SMILES string of the molecule is CNCCCCCCn1cc(Cl)cn1. The van der Waals surface area contributed by atoms with Gasteiger partial charge in [0.25, 0.3) is 0 Å². The van der Waals surface area contributed by atoms with Crippen molar-refractivity contribution >= 4 is 11.6 Å². The van der Waals surface area contributed by atoms with Crippen LogP contribution in [0.2, 0.25) is 5.02 Å². The first kappa shape index (κ1) is 11.5. The van der Waals surface area contributed by atoms with Crippen LogP contribution < -0.4 is 5.32 Å². The number of aryl methyl sites for hydroxylation is 1. The Balaban J connectivity index is 1.99. The summed E-state index contributed by atoms with van der Waals surface area (Å²) in [6.45, 7) is 2.10. The summed E-state index contributed by atoms with van der Waals surface area (Å²) in [6.07, 6.45) is 8.55. The van der Waals surface area contributed by atoms with Crippen LogP contribution in [0.1, 0.15) is 25.7 Å². The van der Waals surface area contributed by atoms with Crippen molar-refractivity contribution in [2.24, 2.45) is 0 Å². The molecule has 1 aromatic rings. The highest BCUT2D eigenvalue weighted by atomic mass is 35.5. The predicted octanol–water partition coefficient (Wildman–Crippen LogP) is 2.32. The predicted molar refractivity (Wildman–Crippen MR) is 59.6 cm³/mol. The van der Waals surface area contributed by atoms with Crippen LogP contribution in [0.3, 0.4) is 0 Å². The maximum Gasteiger partial charge on any atom is 0.0785 e. The molecule has 0 aliphatic carbocycles. The molecule has 1 aromatic heterocycles. The van der Waals surface area contributed by atoms with E-state index in [0.29, 0.717) is 0 Å². The topological polar surface area (TPSA) is 29.9 Å². The summed E-state index contributed by atoms with van der Waals surface area (Å²) in [5, 5.41) is 7.99. The fraction of sp³-hybridized carbons (Fsp3) is 0.700. The Labute approximate surface area is 90.4 Å². The van der Waals surface area contributed by atoms with Crippen LogP contribution in [0.15, 0.2) is 12.4 Å². The minimum atomic E-state index is 0.722. The molecule has 4 heteroatoms. The fourth-order valence-corrected chi connectivity index (χ4v) is 1.55. The summed E-state index contributed by atoms with van der Waals surface area (Å²) in [4.78, 5) is 0. The van der Waals surface area contributed by atoms with E-state index in [9.17, 15) is 0 Å². The molecule has 0 saturated carbocycles. The van der Waals surface area contributed by atoms with E-state index in [-0.39, 0.29) is 0 Å². The number of nitrogens with zero attached hydrogens (tertiary/aromatic N) is 2. The molecule has 0 unspecified atom stereocenters. The molecule has 0 fully saturated rings. The normalized spacial score (nSPS) is 10.7. The lowest BCUT2D eigenvalue weighted by atomic mass is 10.2. The molecule has 1 N–H and O–H groups in total. The Morgan fingerprint density at radius 3 is 2.79 bits per heavy atom. The van der Waals surface area contributed by atoms with Gasteiger partial charge in [0.2, 0.25) is 0 Å². The number of rotatable bonds is 7. The van der Waals surface area contributed by atoms with Gasteiger partial charge in [0.1, 0.15) is 0 Å². The van der Waals surface area contributed by atoms with Crippen molar-refractivity contribution in [3.63, 3.8) is 0 Å². The molecule has 1 rings (SSSR count). The quantitative estimate of drug-likeness (QED) is 0.708. The molecule has 3 nitrogen and oxygen atoms in total. The molecule has 0 amide bonds. The Morgan fingerprint density at radius 1 is 1.36 bits per heavy atom. The van der Waals surface area contributed by atoms with Gasteiger partial charge in [-0.3, -0.25) is 4.68 Å². The maximum atomic E-state index is 5.75. The lowest BCUT2D eigenvalue weighted by molar-refractivity contribution is 0.531. The van der Waals surface area contributed by atoms with Gasteiger partial charge in [-0.15, -0.1) is 0 Å². The van der Waals surface area contributed by atoms with Crippen molar-refractivity contribution in [3.05, 3.63) is 17.4 Å². The van der Waals surface area contributed by atoms with Crippen molar-refractivity contribution in [2.45, 2.75) is 32.2 Å². The van der Waals surface area contributed by atoms with Crippen molar-refractivity contribution in [1.82, 2.24) is 15.1 Å². The third-order valence-corrected chi connectivity index (χ3v) is 2.36. The second-order valence-electron chi connectivity index (χ2n) is 3.44. The van der Waals surface area contributed by atoms with Gasteiger partial charge in [0.15, 0.2) is 0 Å². The first-order valence-electron chi connectivity index (χ1n) is 5.15. The Bertz CT molecular complexity index is 247. The van der Waals surface area contributed by atoms with E-state index in [0.717, 1.165) is 18.1 Å². The highest BCUT2D eigenvalue weighted by Crippen LogP contribution is 2.06. The minimum Gasteiger partial charge on any atom is -0.320 e. The third kappa shape index (κ3) is 4.63. The van der Waals surface area contributed by atoms with Gasteiger partial charge < -0.3 is 5.32 Å². The van der Waals surface area contributed by atoms with E-state index in [4.69, 9.17) is 11.6 Å². The molecule has 0 aromatic carbocycles. The van der Waals surface area contributed by atoms with Crippen molar-refractivity contribution in [2.75, 3.05) is 13.6 Å². The fourth-order valence-electron chi connectivity index (χ4n) is 1.39. The summed E-state index contributed by atoms with van der Waals surface area (Å²) >= 11 is 5.75. The van der Waals surface area contributed by atoms with Gasteiger partial charge in [-0.1, -0.05) is 24.4 Å². The second kappa shape index (κ2) is 6.85. The van der Waals surface area contributed by atoms with E-state index < -0.39 is 0 Å². The molecular formula is C10H18ClN3. The standard InChI is InChI=1S/C10H18ClN3/c1-12-6-4-2-3-5-7-14-9-10(11)8-13-14/h8-9,12H,2-7H2,1H3. The van der Waals surface area contributed by atoms with Crippen molar-refractivity contribution < 1.29 is 0 Å². The number of halogens is 1. The monoisotopic (exact) mass is 215 g/mol. The van der Waals surface area contributed by atoms with E-state index in [1.54, 1.807) is 6.20 Å². The highest BCUT2D eigenvalue weighted by Gasteiger charge is 1.95. The third-order valence-electron chi connectivity index (χ3n) is 2.17. The van der Waals surface area contributed by atoms with Crippen LogP contribution in [-0.2, 0) is 6.54 Å². The van der Waals surface area contributed by atoms with Crippen LogP contribution >= 0.6 is 11.6 Å². The van der Waals surface area contributed by atoms with E-state index >= 15 is 0 Å². The van der Waals surface area contributed by atoms with Crippen molar-refractivity contribution in [1.29, 1.82) is 0 Å². The number of hydrogen-bond acceptors (Lipinski definition) is 2. The Hall–Kier alpha value is -0.540. The average Bonchev–Trinajstić information content (AvgIpc) is 2.58. The largest absolute Gasteiger partial charge is 0.320 e. The zero-order valence-electron chi connectivity index (χ0n) is 8.67. The molecule has 0 aliphatic heterocycles. The molecule has 14 heavy (non-hydrogen) atoms. The molecule has 1 heterocycles. The second-order valence-corrected chi connectivity index (χ2v) is 3.88. The molecular weight excluding hydrogens is 198 g/mol. The van der Waals surface area contributed by atoms with E-state index in [1.165, 1.54) is 25.7 Å². The summed E-state index contributed by atoms with van der Waals surface area (Å²) in [5.41, 5.74) is 0. The number of hydrogen-bond donors (Lipinski definition) is 1. The summed E-state index contributed by atoms with van der Waals surface area (Å²) in [5.74, 6) is 0. The van der Waals surface area contributed by atoms with Gasteiger partial charge in [-0.2, -0.15) is 5.10 Å². The molecule has 0 atom stereocenters. The van der Waals surface area contributed by atoms with Crippen molar-refractivity contribution in [3.8, 4) is 0 Å². The zero-order valence-corrected chi connectivity index (χ0v) is 9.43. The number of unbranched alkanes of at least 4 members (excludes halogenated alkanes) is 3. The molecule has 0 bridgehead atoms. The molecule has 0 radical (unpaired) electrons. The van der Waals surface area contributed by atoms with E-state index in [1.807, 2.05) is 17.9 Å². The minimum absolute atomic E-state index is 0.722. The van der Waals surface area contributed by atoms with Gasteiger partial charge in [-0.05, 0) is 26.4 Å². The van der Waals surface area contributed by atoms with Crippen LogP contribution in [0.5, 0.6) is 0 Å². The van der Waals surface area contributed by atoms with Gasteiger partial charge in [0, 0.05) is 12.7 Å². The smallest absolute Gasteiger partial charge is 0.0785 e. The lowest BCUT2D eigenvalue weighted by Gasteiger charge is -2.01. The Morgan fingerprint density at radius 2 is 2.14 bits per heavy atom. The molecule has 80 valence electrons. The highest BCUT2D eigenvalue weighted by molar-refractivity contribution is 6.30. The van der Waals surface area contributed by atoms with Crippen LogP contribution in [0.25, 0.3) is 0 Å². The number of aromatic nitrogens is 2. The van der Waals surface area contributed by atoms with Gasteiger partial charge >= 0.3 is 0 Å². The summed E-state index contributed by atoms with van der Waals surface area (Å²) in [7, 11) is 1.99. The molecule has 0 saturated heterocycles. The first-order chi connectivity index (χ1) is 6.83. The Kier molecular flexibility index (Phi) is 5.64. The molecule has 0 aliphatic rings. The van der Waals surface area contributed by atoms with Crippen LogP contribution in [-0.4, -0.2) is 23.4 Å². The zero-order chi connectivity index (χ0) is 10.2. The first-order valence-corrected chi connectivity index (χ1v) is 5.53. The number of nitrogens with one attached hydrogen (secondary N) is 1. The average molecular weight is 216 g/mol. The molecule has 0 spiro atoms. The summed E-state index contributed by atoms with van der Waals surface area (Å²) < 4.78 is 1.90. The lowest BCUT2D eigenvalue weighted by Crippen LogP contribution is -2.07. The van der Waals surface area contributed by atoms with E-state index in [2.05, 4.69) is 10.4 Å². The summed E-state index contributed by atoms with van der Waals surface area (Å²) in [6, 6.07) is 0. The maximum absolute atomic E-state index is 5.75. The van der Waals surface area contributed by atoms with Gasteiger partial charge in [0.05, 0.1) is 11.2 Å². The van der Waals surface area contributed by atoms with Crippen LogP contribution in [0, 0.1) is 0 Å². The van der Waals surface area contributed by atoms with Crippen LogP contribution in [0.4, 0.5) is 0 Å².